The van der Waals surface area contributed by atoms with Crippen molar-refractivity contribution < 1.29 is 4.57 Å². The molecule has 11 rings (SSSR count). The summed E-state index contributed by atoms with van der Waals surface area (Å²) < 4.78 is 6.93. The maximum absolute atomic E-state index is 5.03. The lowest BCUT2D eigenvalue weighted by atomic mass is 9.65. The van der Waals surface area contributed by atoms with Crippen molar-refractivity contribution in [1.29, 1.82) is 0 Å². The number of imidazole rings is 1. The van der Waals surface area contributed by atoms with Gasteiger partial charge in [-0.15, -0.1) is 0 Å². The minimum atomic E-state index is -0.689. The van der Waals surface area contributed by atoms with Crippen LogP contribution in [0.15, 0.2) is 237 Å². The van der Waals surface area contributed by atoms with Crippen LogP contribution >= 0.6 is 0 Å². The number of hydrogen-bond donors (Lipinski definition) is 0. The van der Waals surface area contributed by atoms with Crippen LogP contribution in [0.1, 0.15) is 22.3 Å². The van der Waals surface area contributed by atoms with E-state index in [4.69, 9.17) is 4.98 Å². The molecule has 0 amide bonds. The molecule has 0 aliphatic rings. The maximum atomic E-state index is 5.03. The second-order valence-electron chi connectivity index (χ2n) is 15.1. The van der Waals surface area contributed by atoms with Crippen LogP contribution in [0, 0.1) is 0 Å². The largest absolute Gasteiger partial charge is 0.294 e. The van der Waals surface area contributed by atoms with Crippen molar-refractivity contribution in [2.24, 2.45) is 0 Å². The Morgan fingerprint density at radius 2 is 1.00 bits per heavy atom. The number of nitrogens with zero attached hydrogens (tertiary/aromatic N) is 4. The third-order valence-corrected chi connectivity index (χ3v) is 11.8. The second-order valence-corrected chi connectivity index (χ2v) is 15.1. The van der Waals surface area contributed by atoms with E-state index in [9.17, 15) is 0 Å². The summed E-state index contributed by atoms with van der Waals surface area (Å²) in [5.41, 5.74) is 13.0. The molecule has 0 aliphatic heterocycles. The fourth-order valence-electron chi connectivity index (χ4n) is 9.18. The van der Waals surface area contributed by atoms with E-state index in [1.165, 1.54) is 33.0 Å². The monoisotopic (exact) mass is 755 g/mol. The van der Waals surface area contributed by atoms with Crippen molar-refractivity contribution in [3.63, 3.8) is 0 Å². The molecule has 0 fully saturated rings. The lowest BCUT2D eigenvalue weighted by molar-refractivity contribution is -0.567. The number of pyridine rings is 1. The SMILES string of the molecule is c1ccc(-c2ccnc(-n3c4ccccc4c4ccc(C(c5ccccc5)(c5ccccc5)c5cccc(-n6c[n+](-c7ccccc7)c7ccccc76)c5)cc43)c2)cc1. The molecule has 4 heteroatoms. The van der Waals surface area contributed by atoms with E-state index in [-0.39, 0.29) is 0 Å². The van der Waals surface area contributed by atoms with Crippen molar-refractivity contribution in [3.05, 3.63) is 259 Å². The van der Waals surface area contributed by atoms with Gasteiger partial charge >= 0.3 is 0 Å². The van der Waals surface area contributed by atoms with Crippen molar-refractivity contribution in [1.82, 2.24) is 14.1 Å². The van der Waals surface area contributed by atoms with Crippen molar-refractivity contribution >= 4 is 32.8 Å². The minimum absolute atomic E-state index is 0.689. The van der Waals surface area contributed by atoms with E-state index in [0.29, 0.717) is 0 Å². The van der Waals surface area contributed by atoms with E-state index >= 15 is 0 Å². The molecule has 278 valence electrons. The summed E-state index contributed by atoms with van der Waals surface area (Å²) in [5, 5.41) is 2.38. The first-order valence-electron chi connectivity index (χ1n) is 20.1. The van der Waals surface area contributed by atoms with Crippen molar-refractivity contribution in [2.75, 3.05) is 0 Å². The molecule has 0 aliphatic carbocycles. The molecule has 8 aromatic carbocycles. The molecule has 0 radical (unpaired) electrons. The zero-order chi connectivity index (χ0) is 39.2. The molecule has 3 aromatic heterocycles. The first kappa shape index (κ1) is 34.4. The number of benzene rings is 8. The Morgan fingerprint density at radius 3 is 1.75 bits per heavy atom. The highest BCUT2D eigenvalue weighted by atomic mass is 15.1. The zero-order valence-corrected chi connectivity index (χ0v) is 32.3. The number of hydrogen-bond acceptors (Lipinski definition) is 1. The van der Waals surface area contributed by atoms with Crippen LogP contribution in [0.4, 0.5) is 0 Å². The Balaban J connectivity index is 1.19. The van der Waals surface area contributed by atoms with Gasteiger partial charge in [-0.3, -0.25) is 4.57 Å². The highest BCUT2D eigenvalue weighted by Gasteiger charge is 2.39. The van der Waals surface area contributed by atoms with E-state index < -0.39 is 5.41 Å². The normalized spacial score (nSPS) is 11.7. The van der Waals surface area contributed by atoms with Gasteiger partial charge in [-0.05, 0) is 94.0 Å². The molecule has 11 aromatic rings. The number of rotatable bonds is 8. The first-order chi connectivity index (χ1) is 29.3. The second kappa shape index (κ2) is 14.3. The van der Waals surface area contributed by atoms with Gasteiger partial charge < -0.3 is 0 Å². The molecule has 59 heavy (non-hydrogen) atoms. The summed E-state index contributed by atoms with van der Waals surface area (Å²) in [4.78, 5) is 5.03. The summed E-state index contributed by atoms with van der Waals surface area (Å²) in [6.07, 6.45) is 4.14. The van der Waals surface area contributed by atoms with E-state index in [1.807, 2.05) is 6.20 Å². The highest BCUT2D eigenvalue weighted by Crippen LogP contribution is 2.47. The molecule has 0 atom stereocenters. The predicted molar refractivity (Wildman–Crippen MR) is 241 cm³/mol. The topological polar surface area (TPSA) is 26.6 Å². The predicted octanol–water partition coefficient (Wildman–Crippen LogP) is 12.4. The van der Waals surface area contributed by atoms with Crippen LogP contribution in [0.3, 0.4) is 0 Å². The lowest BCUT2D eigenvalue weighted by Gasteiger charge is -2.37. The van der Waals surface area contributed by atoms with Gasteiger partial charge in [0.2, 0.25) is 0 Å². The summed E-state index contributed by atoms with van der Waals surface area (Å²) >= 11 is 0. The lowest BCUT2D eigenvalue weighted by Crippen LogP contribution is -2.31. The number of fused-ring (bicyclic) bond motifs is 4. The van der Waals surface area contributed by atoms with Gasteiger partial charge in [-0.25, -0.2) is 4.98 Å². The fourth-order valence-corrected chi connectivity index (χ4v) is 9.18. The van der Waals surface area contributed by atoms with Gasteiger partial charge in [0, 0.05) is 17.0 Å². The van der Waals surface area contributed by atoms with Gasteiger partial charge in [0.1, 0.15) is 17.2 Å². The fraction of sp³-hybridized carbons (Fsp3) is 0.0182. The average Bonchev–Trinajstić information content (AvgIpc) is 3.87. The van der Waals surface area contributed by atoms with Crippen LogP contribution in [0.2, 0.25) is 0 Å². The van der Waals surface area contributed by atoms with Crippen LogP contribution in [-0.4, -0.2) is 14.1 Å². The summed E-state index contributed by atoms with van der Waals surface area (Å²) in [6, 6.07) is 80.9. The molecule has 4 nitrogen and oxygen atoms in total. The van der Waals surface area contributed by atoms with Crippen LogP contribution in [0.5, 0.6) is 0 Å². The molecule has 0 unspecified atom stereocenters. The van der Waals surface area contributed by atoms with E-state index in [1.54, 1.807) is 0 Å². The standard InChI is InChI=1S/C55H39N4/c1-5-18-40(19-6-1)41-34-35-56-54(36-41)59-50-29-14-13-28-48(50)49-33-32-45(38-53(49)59)55(42-20-7-2-8-21-42,43-22-9-3-10-23-43)44-24-17-27-47(37-44)58-39-57(46-25-11-4-12-26-46)51-30-15-16-31-52(51)58/h1-39H/q+1. The number of para-hydroxylation sites is 4. The van der Waals surface area contributed by atoms with Crippen molar-refractivity contribution in [3.8, 4) is 28.3 Å². The molecule has 0 spiro atoms. The third-order valence-electron chi connectivity index (χ3n) is 11.8. The maximum Gasteiger partial charge on any atom is 0.255 e. The highest BCUT2D eigenvalue weighted by molar-refractivity contribution is 6.09. The zero-order valence-electron chi connectivity index (χ0n) is 32.3. The van der Waals surface area contributed by atoms with Gasteiger partial charge in [0.05, 0.1) is 16.4 Å². The van der Waals surface area contributed by atoms with Gasteiger partial charge in [-0.1, -0.05) is 164 Å². The van der Waals surface area contributed by atoms with Crippen molar-refractivity contribution in [2.45, 2.75) is 5.41 Å². The van der Waals surface area contributed by atoms with Gasteiger partial charge in [0.15, 0.2) is 11.0 Å². The summed E-state index contributed by atoms with van der Waals surface area (Å²) in [6.45, 7) is 0. The molecular formula is C55H39N4+. The van der Waals surface area contributed by atoms with Gasteiger partial charge in [-0.2, -0.15) is 9.13 Å². The Morgan fingerprint density at radius 1 is 0.407 bits per heavy atom. The molecule has 0 saturated carbocycles. The van der Waals surface area contributed by atoms with Crippen LogP contribution in [-0.2, 0) is 5.41 Å². The summed E-state index contributed by atoms with van der Waals surface area (Å²) in [7, 11) is 0. The van der Waals surface area contributed by atoms with Gasteiger partial charge in [0.25, 0.3) is 6.33 Å². The molecule has 3 heterocycles. The molecule has 0 saturated heterocycles. The van der Waals surface area contributed by atoms with E-state index in [2.05, 4.69) is 244 Å². The number of aromatic nitrogens is 4. The Kier molecular flexibility index (Phi) is 8.34. The van der Waals surface area contributed by atoms with E-state index in [0.717, 1.165) is 50.4 Å². The molecule has 0 N–H and O–H groups in total. The molecule has 0 bridgehead atoms. The quantitative estimate of drug-likeness (QED) is 0.112. The Hall–Kier alpha value is -7.82. The Bertz CT molecular complexity index is 3220. The summed E-state index contributed by atoms with van der Waals surface area (Å²) in [5.74, 6) is 0.882. The molecular weight excluding hydrogens is 717 g/mol. The Labute approximate surface area is 343 Å². The van der Waals surface area contributed by atoms with Crippen LogP contribution in [0.25, 0.3) is 61.2 Å². The average molecular weight is 756 g/mol. The first-order valence-corrected chi connectivity index (χ1v) is 20.1. The minimum Gasteiger partial charge on any atom is -0.294 e. The van der Waals surface area contributed by atoms with Crippen LogP contribution < -0.4 is 4.57 Å². The smallest absolute Gasteiger partial charge is 0.255 e. The third kappa shape index (κ3) is 5.68.